The van der Waals surface area contributed by atoms with Crippen LogP contribution in [0, 0.1) is 5.92 Å². The first-order chi connectivity index (χ1) is 26.1. The summed E-state index contributed by atoms with van der Waals surface area (Å²) in [6.45, 7) is 5.83. The molecule has 0 bridgehead atoms. The molecule has 3 aromatic rings. The number of amides is 5. The fourth-order valence-corrected chi connectivity index (χ4v) is 8.37. The van der Waals surface area contributed by atoms with Gasteiger partial charge in [-0.15, -0.1) is 4.68 Å². The Hall–Kier alpha value is -5.55. The van der Waals surface area contributed by atoms with E-state index in [1.807, 2.05) is 18.2 Å². The highest BCUT2D eigenvalue weighted by atomic mass is 17.1. The first kappa shape index (κ1) is 35.5. The van der Waals surface area contributed by atoms with Gasteiger partial charge in [-0.05, 0) is 99.3 Å². The van der Waals surface area contributed by atoms with Crippen LogP contribution in [0.3, 0.4) is 0 Å². The summed E-state index contributed by atoms with van der Waals surface area (Å²) >= 11 is 0. The summed E-state index contributed by atoms with van der Waals surface area (Å²) in [6.07, 6.45) is 5.08. The minimum atomic E-state index is -0.976. The molecule has 2 aromatic carbocycles. The van der Waals surface area contributed by atoms with Gasteiger partial charge in [-0.1, -0.05) is 12.1 Å². The molecule has 4 fully saturated rings. The number of nitrogens with two attached hydrogens (primary N) is 2. The van der Waals surface area contributed by atoms with E-state index in [9.17, 15) is 24.0 Å². The number of nitrogens with zero attached hydrogens (tertiary/aromatic N) is 5. The summed E-state index contributed by atoms with van der Waals surface area (Å²) in [5.74, 6) is -2.18. The number of hydrogen-bond acceptors (Lipinski definition) is 13. The number of carbonyl (C=O) groups is 5. The number of piperidine rings is 3. The Balaban J connectivity index is 0.835. The fourth-order valence-electron chi connectivity index (χ4n) is 8.37. The predicted octanol–water partition coefficient (Wildman–Crippen LogP) is 2.40. The van der Waals surface area contributed by atoms with Crippen LogP contribution in [-0.2, 0) is 9.59 Å². The van der Waals surface area contributed by atoms with Crippen molar-refractivity contribution >= 4 is 46.8 Å². The number of hydrogen-bond donors (Lipinski definition) is 4. The van der Waals surface area contributed by atoms with Gasteiger partial charge < -0.3 is 31.1 Å². The molecule has 1 aromatic heterocycles. The van der Waals surface area contributed by atoms with Crippen LogP contribution in [0.5, 0.6) is 0 Å². The van der Waals surface area contributed by atoms with Crippen molar-refractivity contribution in [2.24, 2.45) is 17.4 Å². The second kappa shape index (κ2) is 14.7. The Morgan fingerprint density at radius 3 is 2.41 bits per heavy atom. The minimum absolute atomic E-state index is 0.0237. The monoisotopic (exact) mass is 743 g/mol. The van der Waals surface area contributed by atoms with Crippen LogP contribution in [0.1, 0.15) is 87.7 Å². The average Bonchev–Trinajstić information content (AvgIpc) is 3.73. The van der Waals surface area contributed by atoms with Crippen molar-refractivity contribution in [3.05, 3.63) is 64.9 Å². The number of benzene rings is 2. The molecule has 0 spiro atoms. The number of fused-ring (bicyclic) bond motifs is 1. The maximum Gasteiger partial charge on any atom is 0.308 e. The first-order valence-electron chi connectivity index (χ1n) is 18.7. The summed E-state index contributed by atoms with van der Waals surface area (Å²) in [4.78, 5) is 68.3. The maximum atomic E-state index is 13.3. The van der Waals surface area contributed by atoms with E-state index in [0.29, 0.717) is 41.7 Å². The molecule has 2 unspecified atom stereocenters. The highest BCUT2D eigenvalue weighted by Gasteiger charge is 2.45. The number of rotatable bonds is 9. The first-order valence-corrected chi connectivity index (χ1v) is 18.7. The quantitative estimate of drug-likeness (QED) is 0.183. The van der Waals surface area contributed by atoms with E-state index < -0.39 is 35.6 Å². The van der Waals surface area contributed by atoms with Crippen LogP contribution < -0.4 is 32.0 Å². The molecule has 6 N–H and O–H groups in total. The molecular formula is C37H45N9O8. The zero-order valence-electron chi connectivity index (χ0n) is 29.9. The summed E-state index contributed by atoms with van der Waals surface area (Å²) < 4.78 is 16.2. The fraction of sp³-hybridized carbons (Fsp3) is 0.486. The zero-order chi connectivity index (χ0) is 37.5. The number of likely N-dealkylation sites (tertiary alicyclic amines) is 1. The van der Waals surface area contributed by atoms with Gasteiger partial charge in [0.2, 0.25) is 11.8 Å². The molecular weight excluding hydrogens is 698 g/mol. The third kappa shape index (κ3) is 7.08. The van der Waals surface area contributed by atoms with Crippen LogP contribution in [-0.4, -0.2) is 102 Å². The average molecular weight is 744 g/mol. The van der Waals surface area contributed by atoms with Crippen molar-refractivity contribution in [2.75, 3.05) is 61.0 Å². The van der Waals surface area contributed by atoms with Crippen LogP contribution in [0.4, 0.5) is 17.3 Å². The molecule has 17 heteroatoms. The van der Waals surface area contributed by atoms with Crippen molar-refractivity contribution in [3.63, 3.8) is 0 Å². The largest absolute Gasteiger partial charge is 0.371 e. The molecule has 0 saturated carbocycles. The van der Waals surface area contributed by atoms with E-state index in [1.54, 1.807) is 17.1 Å². The van der Waals surface area contributed by atoms with Gasteiger partial charge in [0.05, 0.1) is 22.7 Å². The summed E-state index contributed by atoms with van der Waals surface area (Å²) in [5, 5.41) is 8.18. The third-order valence-corrected chi connectivity index (χ3v) is 11.3. The van der Waals surface area contributed by atoms with E-state index in [2.05, 4.69) is 32.6 Å². The normalized spacial score (nSPS) is 23.9. The summed E-state index contributed by atoms with van der Waals surface area (Å²) in [7, 11) is 0. The summed E-state index contributed by atoms with van der Waals surface area (Å²) in [5.41, 5.74) is 15.0. The second-order valence-corrected chi connectivity index (χ2v) is 14.9. The van der Waals surface area contributed by atoms with Gasteiger partial charge in [0, 0.05) is 50.0 Å². The number of nitrogens with one attached hydrogen (secondary N) is 2. The predicted molar refractivity (Wildman–Crippen MR) is 194 cm³/mol. The molecule has 5 aliphatic rings. The molecule has 6 heterocycles. The van der Waals surface area contributed by atoms with E-state index in [4.69, 9.17) is 25.2 Å². The van der Waals surface area contributed by atoms with Gasteiger partial charge >= 0.3 is 5.76 Å². The highest BCUT2D eigenvalue weighted by Crippen LogP contribution is 2.34. The molecule has 54 heavy (non-hydrogen) atoms. The zero-order valence-corrected chi connectivity index (χ0v) is 29.9. The summed E-state index contributed by atoms with van der Waals surface area (Å²) in [6, 6.07) is 12.4. The Labute approximate surface area is 310 Å². The van der Waals surface area contributed by atoms with Gasteiger partial charge in [-0.25, -0.2) is 5.01 Å². The van der Waals surface area contributed by atoms with E-state index in [0.717, 1.165) is 80.4 Å². The Kier molecular flexibility index (Phi) is 9.66. The van der Waals surface area contributed by atoms with Crippen molar-refractivity contribution in [3.8, 4) is 0 Å². The Morgan fingerprint density at radius 1 is 0.889 bits per heavy atom. The molecule has 0 aliphatic carbocycles. The van der Waals surface area contributed by atoms with E-state index in [1.165, 1.54) is 5.56 Å². The number of primary amides is 1. The van der Waals surface area contributed by atoms with Crippen molar-refractivity contribution in [2.45, 2.75) is 62.9 Å². The highest BCUT2D eigenvalue weighted by molar-refractivity contribution is 6.23. The van der Waals surface area contributed by atoms with Crippen molar-refractivity contribution in [1.82, 2.24) is 20.1 Å². The third-order valence-electron chi connectivity index (χ3n) is 11.3. The molecule has 5 aliphatic heterocycles. The Bertz CT molecular complexity index is 1990. The van der Waals surface area contributed by atoms with Crippen LogP contribution in [0.2, 0.25) is 0 Å². The number of imide groups is 2. The van der Waals surface area contributed by atoms with E-state index in [-0.39, 0.29) is 30.5 Å². The number of aromatic nitrogens is 1. The van der Waals surface area contributed by atoms with Crippen molar-refractivity contribution in [1.29, 1.82) is 0 Å². The van der Waals surface area contributed by atoms with E-state index >= 15 is 0 Å². The van der Waals surface area contributed by atoms with Gasteiger partial charge in [-0.3, -0.25) is 38.8 Å². The second-order valence-electron chi connectivity index (χ2n) is 14.9. The number of carbonyl (C=O) groups excluding carboxylic acids is 5. The van der Waals surface area contributed by atoms with Crippen LogP contribution in [0.15, 0.2) is 56.2 Å². The lowest BCUT2D eigenvalue weighted by Crippen LogP contribution is -2.54. The maximum absolute atomic E-state index is 13.3. The minimum Gasteiger partial charge on any atom is -0.371 e. The Morgan fingerprint density at radius 2 is 1.67 bits per heavy atom. The molecule has 4 saturated heterocycles. The topological polar surface area (TPSA) is 219 Å². The lowest BCUT2D eigenvalue weighted by Gasteiger charge is -2.34. The lowest BCUT2D eigenvalue weighted by molar-refractivity contribution is -0.148. The van der Waals surface area contributed by atoms with Crippen LogP contribution in [0.25, 0.3) is 0 Å². The lowest BCUT2D eigenvalue weighted by atomic mass is 9.89. The van der Waals surface area contributed by atoms with Gasteiger partial charge in [0.1, 0.15) is 6.04 Å². The number of anilines is 3. The standard InChI is InChI=1S/C37H45N9O8/c38-25-2-1-14-44(21-25)46-52-35(32(33(39)48)53-54-46)40-26-5-3-23(4-6-26)24-12-15-42(16-13-24)19-22-11-17-43(20-22)27-7-8-28-29(18-27)37(51)45(36(28)50)30-9-10-31(47)41-34(30)49/h3-8,18,22,24-25,30,40H,1-2,9-17,19-21,38H2,(H2,39,48)(H,41,47,49)/t22?,25-,30?/m1/s1. The van der Waals surface area contributed by atoms with Gasteiger partial charge in [0.25, 0.3) is 23.6 Å². The molecule has 17 nitrogen and oxygen atoms in total. The van der Waals surface area contributed by atoms with Gasteiger partial charge in [-0.2, -0.15) is 0 Å². The smallest absolute Gasteiger partial charge is 0.308 e. The molecule has 0 radical (unpaired) electrons. The SMILES string of the molecule is NC(=O)c1oon(N2CCC[C@@H](N)C2)oc1Nc1ccc(C2CCN(CC3CCN(c4ccc5c(c4)C(=O)N(C4CCC(=O)NC4=O)C5=O)C3)CC2)cc1. The van der Waals surface area contributed by atoms with Gasteiger partial charge in [0.15, 0.2) is 0 Å². The molecule has 8 rings (SSSR count). The molecule has 286 valence electrons. The molecule has 3 atom stereocenters. The molecule has 5 amide bonds. The van der Waals surface area contributed by atoms with Crippen LogP contribution >= 0.6 is 0 Å². The van der Waals surface area contributed by atoms with Crippen molar-refractivity contribution < 1.29 is 37.8 Å².